The number of nitrogens with one attached hydrogen (secondary N) is 1. The molecule has 0 heterocycles. The molecule has 294 valence electrons. The highest BCUT2D eigenvalue weighted by atomic mass is 31.2. The van der Waals surface area contributed by atoms with Crippen LogP contribution in [0.3, 0.4) is 0 Å². The molecular formula is C48H52N3O5P. The summed E-state index contributed by atoms with van der Waals surface area (Å²) in [6, 6.07) is 44.9. The van der Waals surface area contributed by atoms with Crippen molar-refractivity contribution in [3.05, 3.63) is 155 Å². The van der Waals surface area contributed by atoms with Crippen LogP contribution >= 0.6 is 8.53 Å². The molecule has 2 unspecified atom stereocenters. The molecule has 0 aromatic heterocycles. The molecule has 8 rings (SSSR count). The van der Waals surface area contributed by atoms with E-state index in [9.17, 15) is 15.3 Å². The predicted molar refractivity (Wildman–Crippen MR) is 230 cm³/mol. The molecule has 9 heteroatoms. The Labute approximate surface area is 337 Å². The standard InChI is InChI=1S/C48H52N3O5P/c1-31(2)51(32(3)4)44(27-28-49)50-57(53)56-30-42-41(29-52)46-39-16-11-10-15-38(39)45(42)40-17-12-18-43(47(40)46)48(33-13-8-7-9-14-33,34-19-23-36(54-5)24-20-34)35-21-25-37(55-6)26-22-35/h7-26,31-32,41-42,44,50,52-53H,27,29-30H2,1-6H3/t41-,42-,44?,57?/m1/s1. The van der Waals surface area contributed by atoms with Crippen LogP contribution in [0.2, 0.25) is 0 Å². The van der Waals surface area contributed by atoms with Gasteiger partial charge in [-0.25, -0.2) is 5.09 Å². The molecular weight excluding hydrogens is 730 g/mol. The first-order chi connectivity index (χ1) is 27.7. The fourth-order valence-electron chi connectivity index (χ4n) is 9.49. The maximum absolute atomic E-state index is 11.4. The van der Waals surface area contributed by atoms with Crippen LogP contribution in [0.15, 0.2) is 121 Å². The van der Waals surface area contributed by atoms with Crippen LogP contribution in [-0.4, -0.2) is 60.6 Å². The van der Waals surface area contributed by atoms with Crippen LogP contribution in [0.25, 0.3) is 21.5 Å². The van der Waals surface area contributed by atoms with E-state index in [4.69, 9.17) is 14.0 Å². The number of methoxy groups -OCH3 is 2. The number of hydrogen-bond donors (Lipinski definition) is 3. The fourth-order valence-corrected chi connectivity index (χ4v) is 10.3. The third-order valence-corrected chi connectivity index (χ3v) is 12.6. The Hall–Kier alpha value is -4.84. The summed E-state index contributed by atoms with van der Waals surface area (Å²) in [6.45, 7) is 8.42. The van der Waals surface area contributed by atoms with Gasteiger partial charge < -0.3 is 24.0 Å². The summed E-state index contributed by atoms with van der Waals surface area (Å²) < 4.78 is 17.6. The highest BCUT2D eigenvalue weighted by molar-refractivity contribution is 7.43. The minimum Gasteiger partial charge on any atom is -0.497 e. The van der Waals surface area contributed by atoms with Gasteiger partial charge in [0.1, 0.15) is 11.5 Å². The van der Waals surface area contributed by atoms with Crippen LogP contribution in [-0.2, 0) is 9.94 Å². The van der Waals surface area contributed by atoms with Gasteiger partial charge in [-0.2, -0.15) is 5.26 Å². The first kappa shape index (κ1) is 40.4. The summed E-state index contributed by atoms with van der Waals surface area (Å²) in [5, 5.41) is 28.8. The molecule has 0 saturated heterocycles. The van der Waals surface area contributed by atoms with Crippen molar-refractivity contribution in [1.82, 2.24) is 9.99 Å². The zero-order chi connectivity index (χ0) is 40.3. The smallest absolute Gasteiger partial charge is 0.254 e. The van der Waals surface area contributed by atoms with Gasteiger partial charge in [0.2, 0.25) is 0 Å². The first-order valence-corrected chi connectivity index (χ1v) is 20.9. The highest BCUT2D eigenvalue weighted by Crippen LogP contribution is 2.57. The first-order valence-electron chi connectivity index (χ1n) is 19.6. The van der Waals surface area contributed by atoms with Crippen molar-refractivity contribution >= 4 is 30.1 Å². The van der Waals surface area contributed by atoms with Crippen molar-refractivity contribution < 1.29 is 24.0 Å². The number of hydrogen-bond acceptors (Lipinski definition) is 8. The van der Waals surface area contributed by atoms with E-state index in [0.29, 0.717) is 0 Å². The molecule has 2 bridgehead atoms. The Kier molecular flexibility index (Phi) is 12.3. The zero-order valence-electron chi connectivity index (χ0n) is 33.5. The van der Waals surface area contributed by atoms with Crippen molar-refractivity contribution in [2.24, 2.45) is 0 Å². The zero-order valence-corrected chi connectivity index (χ0v) is 34.4. The predicted octanol–water partition coefficient (Wildman–Crippen LogP) is 9.75. The maximum Gasteiger partial charge on any atom is 0.254 e. The van der Waals surface area contributed by atoms with Gasteiger partial charge in [-0.15, -0.1) is 0 Å². The molecule has 0 fully saturated rings. The second kappa shape index (κ2) is 17.3. The molecule has 4 atom stereocenters. The monoisotopic (exact) mass is 781 g/mol. The summed E-state index contributed by atoms with van der Waals surface area (Å²) >= 11 is 0. The van der Waals surface area contributed by atoms with Gasteiger partial charge in [-0.05, 0) is 107 Å². The summed E-state index contributed by atoms with van der Waals surface area (Å²) in [5.41, 5.74) is 5.67. The fraction of sp³-hybridized carbons (Fsp3) is 0.312. The lowest BCUT2D eigenvalue weighted by Crippen LogP contribution is -2.50. The van der Waals surface area contributed by atoms with Crippen molar-refractivity contribution in [3.8, 4) is 17.6 Å². The third-order valence-electron chi connectivity index (χ3n) is 11.7. The molecule has 2 aliphatic rings. The molecule has 2 aliphatic carbocycles. The Balaban J connectivity index is 1.44. The number of rotatable bonds is 16. The Morgan fingerprint density at radius 1 is 0.702 bits per heavy atom. The molecule has 0 spiro atoms. The number of ether oxygens (including phenoxy) is 2. The largest absolute Gasteiger partial charge is 0.497 e. The van der Waals surface area contributed by atoms with E-state index < -0.39 is 13.9 Å². The van der Waals surface area contributed by atoms with Gasteiger partial charge in [0.15, 0.2) is 0 Å². The summed E-state index contributed by atoms with van der Waals surface area (Å²) in [7, 11) is 1.26. The van der Waals surface area contributed by atoms with Crippen LogP contribution < -0.4 is 14.6 Å². The summed E-state index contributed by atoms with van der Waals surface area (Å²) in [5.74, 6) is 0.982. The van der Waals surface area contributed by atoms with Crippen molar-refractivity contribution in [2.45, 2.75) is 69.6 Å². The minimum atomic E-state index is -2.10. The molecule has 6 aromatic carbocycles. The molecule has 3 N–H and O–H groups in total. The molecule has 0 amide bonds. The lowest BCUT2D eigenvalue weighted by molar-refractivity contribution is 0.102. The van der Waals surface area contributed by atoms with Gasteiger partial charge in [-0.1, -0.05) is 97.1 Å². The Morgan fingerprint density at radius 3 is 1.75 bits per heavy atom. The van der Waals surface area contributed by atoms with Gasteiger partial charge in [-0.3, -0.25) is 4.90 Å². The van der Waals surface area contributed by atoms with E-state index in [-0.39, 0.29) is 49.7 Å². The molecule has 0 radical (unpaired) electrons. The van der Waals surface area contributed by atoms with Gasteiger partial charge in [0, 0.05) is 23.9 Å². The molecule has 6 aromatic rings. The van der Waals surface area contributed by atoms with Crippen LogP contribution in [0.1, 0.15) is 79.3 Å². The number of aliphatic hydroxyl groups excluding tert-OH is 1. The van der Waals surface area contributed by atoms with Crippen molar-refractivity contribution in [2.75, 3.05) is 27.4 Å². The maximum atomic E-state index is 11.4. The molecule has 0 aliphatic heterocycles. The third kappa shape index (κ3) is 7.30. The minimum absolute atomic E-state index is 0.110. The molecule has 57 heavy (non-hydrogen) atoms. The van der Waals surface area contributed by atoms with E-state index in [2.05, 4.69) is 135 Å². The SMILES string of the molecule is COc1ccc(C(c2ccccc2)(c2ccc(OC)cc2)c2cccc3c4c5ccccc5c(c23)[C@H](CO)[C@H]4COP(O)NC(CC#N)N(C(C)C)C(C)C)cc1. The Bertz CT molecular complexity index is 2290. The van der Waals surface area contributed by atoms with Gasteiger partial charge in [0.25, 0.3) is 8.53 Å². The normalized spacial score (nSPS) is 16.4. The van der Waals surface area contributed by atoms with Crippen molar-refractivity contribution in [1.29, 1.82) is 5.26 Å². The average molecular weight is 782 g/mol. The number of benzene rings is 6. The quantitative estimate of drug-likeness (QED) is 0.0386. The summed E-state index contributed by atoms with van der Waals surface area (Å²) in [4.78, 5) is 13.6. The summed E-state index contributed by atoms with van der Waals surface area (Å²) in [6.07, 6.45) is -0.178. The lowest BCUT2D eigenvalue weighted by atomic mass is 9.61. The average Bonchev–Trinajstić information content (AvgIpc) is 3.23. The highest BCUT2D eigenvalue weighted by Gasteiger charge is 2.44. The second-order valence-corrected chi connectivity index (χ2v) is 16.3. The number of nitrogens with zero attached hydrogens (tertiary/aromatic N) is 2. The Morgan fingerprint density at radius 2 is 1.23 bits per heavy atom. The van der Waals surface area contributed by atoms with E-state index in [1.807, 2.05) is 30.3 Å². The van der Waals surface area contributed by atoms with Gasteiger partial charge in [0.05, 0.1) is 51.5 Å². The van der Waals surface area contributed by atoms with Crippen LogP contribution in [0.5, 0.6) is 11.5 Å². The van der Waals surface area contributed by atoms with E-state index in [1.54, 1.807) is 14.2 Å². The number of nitriles is 1. The topological polar surface area (TPSA) is 107 Å². The number of aliphatic hydroxyl groups is 1. The van der Waals surface area contributed by atoms with E-state index in [1.165, 1.54) is 0 Å². The second-order valence-electron chi connectivity index (χ2n) is 15.3. The molecule has 8 nitrogen and oxygen atoms in total. The van der Waals surface area contributed by atoms with Crippen LogP contribution in [0.4, 0.5) is 0 Å². The van der Waals surface area contributed by atoms with Crippen LogP contribution in [0, 0.1) is 11.3 Å². The lowest BCUT2D eigenvalue weighted by Gasteiger charge is -2.42. The van der Waals surface area contributed by atoms with E-state index >= 15 is 0 Å². The van der Waals surface area contributed by atoms with Gasteiger partial charge >= 0.3 is 0 Å². The number of fused-ring (bicyclic) bond motifs is 1. The van der Waals surface area contributed by atoms with E-state index in [0.717, 1.165) is 66.4 Å². The van der Waals surface area contributed by atoms with Crippen molar-refractivity contribution in [3.63, 3.8) is 0 Å². The molecule has 0 saturated carbocycles.